The van der Waals surface area contributed by atoms with E-state index in [9.17, 15) is 4.79 Å². The number of methoxy groups -OCH3 is 1. The van der Waals surface area contributed by atoms with Gasteiger partial charge < -0.3 is 17.1 Å². The first-order valence-electron chi connectivity index (χ1n) is 6.16. The number of nitrogens with one attached hydrogen (secondary N) is 1. The molecule has 0 saturated carbocycles. The second kappa shape index (κ2) is 5.88. The number of ketones is 1. The number of hydrogen-bond acceptors (Lipinski definition) is 2. The van der Waals surface area contributed by atoms with Crippen LogP contribution in [-0.4, -0.2) is 12.9 Å². The molecule has 2 aromatic rings. The third-order valence-electron chi connectivity index (χ3n) is 3.32. The molecular weight excluding hydrogens is 274 g/mol. The predicted octanol–water partition coefficient (Wildman–Crippen LogP) is -0.664. The van der Waals surface area contributed by atoms with Crippen LogP contribution in [-0.2, 0) is 6.42 Å². The zero-order chi connectivity index (χ0) is 13.2. The number of carbonyl (C=O) groups is 1. The fraction of sp³-hybridized carbons (Fsp3) is 0.125. The molecule has 20 heavy (non-hydrogen) atoms. The Bertz CT molecular complexity index is 665. The lowest BCUT2D eigenvalue weighted by atomic mass is 10.1. The summed E-state index contributed by atoms with van der Waals surface area (Å²) in [5.74, 6) is 0.824. The molecule has 0 spiro atoms. The molecule has 0 fully saturated rings. The van der Waals surface area contributed by atoms with Crippen LogP contribution in [0.3, 0.4) is 0 Å². The Hall–Kier alpha value is -2.13. The van der Waals surface area contributed by atoms with Gasteiger partial charge in [0.15, 0.2) is 18.2 Å². The van der Waals surface area contributed by atoms with Crippen molar-refractivity contribution in [3.05, 3.63) is 65.0 Å². The number of Topliss-reactive ketones (excluding diaryl/α,β-unsaturated/α-hetero) is 1. The highest BCUT2D eigenvalue weighted by molar-refractivity contribution is 6.15. The van der Waals surface area contributed by atoms with Crippen LogP contribution in [0.5, 0.6) is 5.75 Å². The Morgan fingerprint density at radius 1 is 1.20 bits per heavy atom. The smallest absolute Gasteiger partial charge is 0.189 e. The fourth-order valence-corrected chi connectivity index (χ4v) is 2.32. The molecule has 3 nitrogen and oxygen atoms in total. The number of aromatic nitrogens is 1. The molecular formula is C16H14ClNO2. The largest absolute Gasteiger partial charge is 1.00 e. The van der Waals surface area contributed by atoms with Crippen molar-refractivity contribution in [2.45, 2.75) is 6.42 Å². The van der Waals surface area contributed by atoms with Gasteiger partial charge in [0, 0.05) is 29.7 Å². The topological polar surface area (TPSA) is 40.4 Å². The molecule has 0 amide bonds. The van der Waals surface area contributed by atoms with Gasteiger partial charge in [-0.25, -0.2) is 4.98 Å². The second-order valence-corrected chi connectivity index (χ2v) is 4.53. The van der Waals surface area contributed by atoms with E-state index in [-0.39, 0.29) is 18.2 Å². The van der Waals surface area contributed by atoms with E-state index in [2.05, 4.69) is 4.98 Å². The molecule has 1 heterocycles. The quantitative estimate of drug-likeness (QED) is 0.688. The van der Waals surface area contributed by atoms with Crippen LogP contribution >= 0.6 is 0 Å². The van der Waals surface area contributed by atoms with Crippen LogP contribution in [0, 0.1) is 0 Å². The number of ether oxygens (including phenoxy) is 1. The van der Waals surface area contributed by atoms with Crippen molar-refractivity contribution in [1.82, 2.24) is 0 Å². The highest BCUT2D eigenvalue weighted by atomic mass is 35.5. The van der Waals surface area contributed by atoms with E-state index in [0.29, 0.717) is 6.42 Å². The Labute approximate surface area is 123 Å². The first-order valence-corrected chi connectivity index (χ1v) is 6.16. The summed E-state index contributed by atoms with van der Waals surface area (Å²) in [6, 6.07) is 9.57. The maximum Gasteiger partial charge on any atom is 0.189 e. The number of aromatic amines is 1. The van der Waals surface area contributed by atoms with Crippen LogP contribution in [0.1, 0.15) is 21.5 Å². The third kappa shape index (κ3) is 2.58. The summed E-state index contributed by atoms with van der Waals surface area (Å²) in [6.07, 6.45) is 6.34. The summed E-state index contributed by atoms with van der Waals surface area (Å²) in [6.45, 7) is 0. The van der Waals surface area contributed by atoms with Crippen LogP contribution in [0.15, 0.2) is 48.3 Å². The van der Waals surface area contributed by atoms with Gasteiger partial charge in [-0.1, -0.05) is 6.07 Å². The second-order valence-electron chi connectivity index (χ2n) is 4.53. The SMILES string of the molecule is COc1ccc2c(c1)C(=O)C(=Cc1cc[nH+]cc1)C2.[Cl-]. The average Bonchev–Trinajstić information content (AvgIpc) is 2.76. The van der Waals surface area contributed by atoms with Crippen molar-refractivity contribution in [2.75, 3.05) is 7.11 Å². The van der Waals surface area contributed by atoms with Crippen LogP contribution in [0.25, 0.3) is 6.08 Å². The number of halogens is 1. The first kappa shape index (κ1) is 14.3. The molecule has 102 valence electrons. The highest BCUT2D eigenvalue weighted by Crippen LogP contribution is 2.30. The number of carbonyl (C=O) groups excluding carboxylic acids is 1. The summed E-state index contributed by atoms with van der Waals surface area (Å²) in [7, 11) is 1.61. The molecule has 0 atom stereocenters. The van der Waals surface area contributed by atoms with Gasteiger partial charge >= 0.3 is 0 Å². The maximum atomic E-state index is 12.3. The third-order valence-corrected chi connectivity index (χ3v) is 3.32. The lowest BCUT2D eigenvalue weighted by molar-refractivity contribution is -0.378. The van der Waals surface area contributed by atoms with Crippen molar-refractivity contribution in [1.29, 1.82) is 0 Å². The summed E-state index contributed by atoms with van der Waals surface area (Å²) in [5, 5.41) is 0. The van der Waals surface area contributed by atoms with Crippen molar-refractivity contribution >= 4 is 11.9 Å². The molecule has 1 aliphatic carbocycles. The van der Waals surface area contributed by atoms with E-state index in [1.165, 1.54) is 0 Å². The Morgan fingerprint density at radius 3 is 2.65 bits per heavy atom. The standard InChI is InChI=1S/C16H13NO2.ClH/c1-19-14-3-2-12-9-13(16(18)15(12)10-14)8-11-4-6-17-7-5-11;/h2-8,10H,9H2,1H3;1H. The molecule has 0 saturated heterocycles. The molecule has 1 N–H and O–H groups in total. The molecule has 0 unspecified atom stereocenters. The van der Waals surface area contributed by atoms with Crippen LogP contribution in [0.2, 0.25) is 0 Å². The number of rotatable bonds is 2. The fourth-order valence-electron chi connectivity index (χ4n) is 2.32. The van der Waals surface area contributed by atoms with Crippen molar-refractivity contribution in [3.8, 4) is 5.75 Å². The molecule has 3 rings (SSSR count). The number of allylic oxidation sites excluding steroid dienone is 1. The molecule has 0 radical (unpaired) electrons. The summed E-state index contributed by atoms with van der Waals surface area (Å²) < 4.78 is 5.17. The van der Waals surface area contributed by atoms with Gasteiger partial charge in [0.25, 0.3) is 0 Å². The Kier molecular flexibility index (Phi) is 4.20. The van der Waals surface area contributed by atoms with Crippen molar-refractivity contribution in [2.24, 2.45) is 0 Å². The molecule has 1 aromatic carbocycles. The molecule has 1 aromatic heterocycles. The monoisotopic (exact) mass is 287 g/mol. The molecule has 1 aliphatic rings. The zero-order valence-corrected chi connectivity index (χ0v) is 11.8. The summed E-state index contributed by atoms with van der Waals surface area (Å²) in [5.41, 5.74) is 3.68. The van der Waals surface area contributed by atoms with Gasteiger partial charge in [0.05, 0.1) is 7.11 Å². The van der Waals surface area contributed by atoms with E-state index >= 15 is 0 Å². The van der Waals surface area contributed by atoms with Crippen molar-refractivity contribution in [3.63, 3.8) is 0 Å². The maximum absolute atomic E-state index is 12.3. The lowest BCUT2D eigenvalue weighted by Crippen LogP contribution is -3.00. The number of benzene rings is 1. The van der Waals surface area contributed by atoms with E-state index < -0.39 is 0 Å². The molecule has 4 heteroatoms. The minimum Gasteiger partial charge on any atom is -1.00 e. The predicted molar refractivity (Wildman–Crippen MR) is 72.0 cm³/mol. The molecule has 0 aliphatic heterocycles. The number of fused-ring (bicyclic) bond motifs is 1. The summed E-state index contributed by atoms with van der Waals surface area (Å²) in [4.78, 5) is 15.3. The number of hydrogen-bond donors (Lipinski definition) is 0. The Morgan fingerprint density at radius 2 is 1.95 bits per heavy atom. The highest BCUT2D eigenvalue weighted by Gasteiger charge is 2.25. The summed E-state index contributed by atoms with van der Waals surface area (Å²) >= 11 is 0. The van der Waals surface area contributed by atoms with Gasteiger partial charge in [0.1, 0.15) is 5.75 Å². The van der Waals surface area contributed by atoms with E-state index in [1.54, 1.807) is 7.11 Å². The van der Waals surface area contributed by atoms with Crippen LogP contribution < -0.4 is 22.1 Å². The van der Waals surface area contributed by atoms with Gasteiger partial charge in [-0.3, -0.25) is 4.79 Å². The molecule has 0 bridgehead atoms. The van der Waals surface area contributed by atoms with Gasteiger partial charge in [-0.2, -0.15) is 0 Å². The first-order chi connectivity index (χ1) is 9.28. The Balaban J connectivity index is 0.00000147. The number of H-pyrrole nitrogens is 1. The van der Waals surface area contributed by atoms with E-state index in [0.717, 1.165) is 28.0 Å². The van der Waals surface area contributed by atoms with Gasteiger partial charge in [0.2, 0.25) is 0 Å². The number of pyridine rings is 1. The lowest BCUT2D eigenvalue weighted by Gasteiger charge is -2.01. The average molecular weight is 288 g/mol. The normalized spacial score (nSPS) is 14.8. The van der Waals surface area contributed by atoms with Gasteiger partial charge in [-0.05, 0) is 29.3 Å². The van der Waals surface area contributed by atoms with Crippen LogP contribution in [0.4, 0.5) is 0 Å². The minimum atomic E-state index is 0. The van der Waals surface area contributed by atoms with E-state index in [4.69, 9.17) is 4.74 Å². The van der Waals surface area contributed by atoms with E-state index in [1.807, 2.05) is 48.8 Å². The minimum absolute atomic E-state index is 0. The van der Waals surface area contributed by atoms with Crippen molar-refractivity contribution < 1.29 is 26.9 Å². The zero-order valence-electron chi connectivity index (χ0n) is 11.0. The van der Waals surface area contributed by atoms with Gasteiger partial charge in [-0.15, -0.1) is 0 Å².